The Morgan fingerprint density at radius 2 is 1.80 bits per heavy atom. The lowest BCUT2D eigenvalue weighted by atomic mass is 10.1. The summed E-state index contributed by atoms with van der Waals surface area (Å²) >= 11 is 3.42. The molecule has 7 heteroatoms. The van der Waals surface area contributed by atoms with E-state index in [9.17, 15) is 9.59 Å². The molecule has 1 rings (SSSR count). The van der Waals surface area contributed by atoms with E-state index in [0.29, 0.717) is 19.5 Å². The van der Waals surface area contributed by atoms with Crippen molar-refractivity contribution in [3.05, 3.63) is 28.7 Å². The van der Waals surface area contributed by atoms with Gasteiger partial charge in [0.2, 0.25) is 5.91 Å². The molecule has 6 nitrogen and oxygen atoms in total. The third-order valence-corrected chi connectivity index (χ3v) is 5.66. The van der Waals surface area contributed by atoms with Gasteiger partial charge < -0.3 is 20.4 Å². The number of rotatable bonds is 14. The Kier molecular flexibility index (Phi) is 13.4. The van der Waals surface area contributed by atoms with Crippen LogP contribution in [-0.2, 0) is 4.79 Å². The first kappa shape index (κ1) is 26.4. The van der Waals surface area contributed by atoms with Crippen molar-refractivity contribution >= 4 is 33.6 Å². The minimum atomic E-state index is -0.165. The molecule has 1 aromatic carbocycles. The maximum absolute atomic E-state index is 12.7. The van der Waals surface area contributed by atoms with E-state index in [4.69, 9.17) is 0 Å². The molecule has 0 saturated carbocycles. The maximum Gasteiger partial charge on any atom is 0.321 e. The van der Waals surface area contributed by atoms with Crippen molar-refractivity contribution in [1.82, 2.24) is 15.1 Å². The van der Waals surface area contributed by atoms with Gasteiger partial charge in [0, 0.05) is 35.7 Å². The number of nitrogens with one attached hydrogen (secondary N) is 2. The van der Waals surface area contributed by atoms with Gasteiger partial charge in [-0.3, -0.25) is 4.79 Å². The molecule has 0 spiro atoms. The summed E-state index contributed by atoms with van der Waals surface area (Å²) in [6, 6.07) is 7.49. The number of hydrogen-bond donors (Lipinski definition) is 2. The van der Waals surface area contributed by atoms with Crippen LogP contribution in [0.25, 0.3) is 0 Å². The van der Waals surface area contributed by atoms with E-state index < -0.39 is 0 Å². The Morgan fingerprint density at radius 1 is 1.07 bits per heavy atom. The smallest absolute Gasteiger partial charge is 0.321 e. The molecular formula is C23H39BrN4O2. The first-order valence-electron chi connectivity index (χ1n) is 11.2. The fourth-order valence-corrected chi connectivity index (χ4v) is 3.65. The van der Waals surface area contributed by atoms with E-state index in [-0.39, 0.29) is 18.0 Å². The van der Waals surface area contributed by atoms with Crippen molar-refractivity contribution < 1.29 is 9.59 Å². The molecular weight excluding hydrogens is 444 g/mol. The van der Waals surface area contributed by atoms with Gasteiger partial charge in [0.25, 0.3) is 0 Å². The summed E-state index contributed by atoms with van der Waals surface area (Å²) in [5.74, 6) is 0.00194. The number of halogens is 1. The van der Waals surface area contributed by atoms with E-state index in [1.165, 1.54) is 0 Å². The summed E-state index contributed by atoms with van der Waals surface area (Å²) in [7, 11) is 0. The quantitative estimate of drug-likeness (QED) is 0.387. The highest BCUT2D eigenvalue weighted by Gasteiger charge is 2.16. The van der Waals surface area contributed by atoms with Gasteiger partial charge in [0.15, 0.2) is 0 Å². The van der Waals surface area contributed by atoms with Crippen molar-refractivity contribution in [2.24, 2.45) is 0 Å². The molecule has 30 heavy (non-hydrogen) atoms. The number of hydrogen-bond acceptors (Lipinski definition) is 3. The van der Waals surface area contributed by atoms with Crippen molar-refractivity contribution in [2.75, 3.05) is 38.0 Å². The highest BCUT2D eigenvalue weighted by molar-refractivity contribution is 9.10. The van der Waals surface area contributed by atoms with Gasteiger partial charge in [-0.25, -0.2) is 4.79 Å². The summed E-state index contributed by atoms with van der Waals surface area (Å²) < 4.78 is 0.912. The van der Waals surface area contributed by atoms with Crippen LogP contribution in [0.5, 0.6) is 0 Å². The molecule has 0 heterocycles. The molecule has 3 amide bonds. The van der Waals surface area contributed by atoms with Gasteiger partial charge in [-0.05, 0) is 64.0 Å². The number of carbonyl (C=O) groups excluding carboxylic acids is 2. The van der Waals surface area contributed by atoms with Crippen LogP contribution in [0, 0.1) is 0 Å². The van der Waals surface area contributed by atoms with Crippen molar-refractivity contribution in [2.45, 2.75) is 65.8 Å². The van der Waals surface area contributed by atoms with Gasteiger partial charge in [-0.15, -0.1) is 0 Å². The molecule has 0 saturated heterocycles. The predicted octanol–water partition coefficient (Wildman–Crippen LogP) is 5.10. The summed E-state index contributed by atoms with van der Waals surface area (Å²) in [5.41, 5.74) is 0.738. The zero-order valence-corrected chi connectivity index (χ0v) is 20.6. The number of carbonyl (C=O) groups is 2. The van der Waals surface area contributed by atoms with Crippen LogP contribution in [0.15, 0.2) is 28.7 Å². The SMILES string of the molecule is CCCCN(CCC(=O)NC(C)CCCN(CC)CC)C(=O)Nc1cccc(Br)c1. The number of amides is 3. The van der Waals surface area contributed by atoms with Crippen LogP contribution in [0.3, 0.4) is 0 Å². The average Bonchev–Trinajstić information content (AvgIpc) is 2.71. The van der Waals surface area contributed by atoms with Crippen LogP contribution in [0.2, 0.25) is 0 Å². The normalized spacial score (nSPS) is 11.9. The van der Waals surface area contributed by atoms with Crippen molar-refractivity contribution in [3.8, 4) is 0 Å². The summed E-state index contributed by atoms with van der Waals surface area (Å²) in [6.45, 7) is 12.7. The average molecular weight is 483 g/mol. The zero-order chi connectivity index (χ0) is 22.4. The number of benzene rings is 1. The monoisotopic (exact) mass is 482 g/mol. The van der Waals surface area contributed by atoms with E-state index in [2.05, 4.69) is 59.2 Å². The zero-order valence-electron chi connectivity index (χ0n) is 19.0. The minimum Gasteiger partial charge on any atom is -0.354 e. The molecule has 0 aromatic heterocycles. The highest BCUT2D eigenvalue weighted by Crippen LogP contribution is 2.16. The molecule has 1 aromatic rings. The maximum atomic E-state index is 12.7. The van der Waals surface area contributed by atoms with Crippen molar-refractivity contribution in [1.29, 1.82) is 0 Å². The number of urea groups is 1. The minimum absolute atomic E-state index is 0.00194. The second-order valence-electron chi connectivity index (χ2n) is 7.67. The standard InChI is InChI=1S/C23H39BrN4O2/c1-5-8-16-28(23(30)26-21-13-9-12-20(24)18-21)17-14-22(29)25-19(4)11-10-15-27(6-2)7-3/h9,12-13,18-19H,5-8,10-11,14-17H2,1-4H3,(H,25,29)(H,26,30). The van der Waals surface area contributed by atoms with Crippen molar-refractivity contribution in [3.63, 3.8) is 0 Å². The second kappa shape index (κ2) is 15.2. The van der Waals surface area contributed by atoms with Crippen LogP contribution in [0.4, 0.5) is 10.5 Å². The Bertz CT molecular complexity index is 637. The second-order valence-corrected chi connectivity index (χ2v) is 8.58. The predicted molar refractivity (Wildman–Crippen MR) is 129 cm³/mol. The van der Waals surface area contributed by atoms with Gasteiger partial charge in [0.1, 0.15) is 0 Å². The molecule has 0 aliphatic rings. The molecule has 1 atom stereocenters. The van der Waals surface area contributed by atoms with Gasteiger partial charge in [-0.2, -0.15) is 0 Å². The lowest BCUT2D eigenvalue weighted by Crippen LogP contribution is -2.40. The number of nitrogens with zero attached hydrogens (tertiary/aromatic N) is 2. The van der Waals surface area contributed by atoms with E-state index in [0.717, 1.165) is 55.5 Å². The number of anilines is 1. The summed E-state index contributed by atoms with van der Waals surface area (Å²) in [6.07, 6.45) is 4.26. The fourth-order valence-electron chi connectivity index (χ4n) is 3.25. The highest BCUT2D eigenvalue weighted by atomic mass is 79.9. The molecule has 0 aliphatic heterocycles. The molecule has 170 valence electrons. The Morgan fingerprint density at radius 3 is 2.43 bits per heavy atom. The third-order valence-electron chi connectivity index (χ3n) is 5.17. The van der Waals surface area contributed by atoms with Crippen LogP contribution in [-0.4, -0.2) is 60.5 Å². The van der Waals surface area contributed by atoms with Gasteiger partial charge in [-0.1, -0.05) is 49.2 Å². The summed E-state index contributed by atoms with van der Waals surface area (Å²) in [4.78, 5) is 29.2. The Labute approximate surface area is 190 Å². The molecule has 0 fully saturated rings. The molecule has 1 unspecified atom stereocenters. The third kappa shape index (κ3) is 11.0. The van der Waals surface area contributed by atoms with Gasteiger partial charge in [0.05, 0.1) is 0 Å². The molecule has 0 radical (unpaired) electrons. The lowest BCUT2D eigenvalue weighted by Gasteiger charge is -2.23. The fraction of sp³-hybridized carbons (Fsp3) is 0.652. The lowest BCUT2D eigenvalue weighted by molar-refractivity contribution is -0.121. The molecule has 0 bridgehead atoms. The Hall–Kier alpha value is -1.60. The van der Waals surface area contributed by atoms with Crippen LogP contribution in [0.1, 0.15) is 59.8 Å². The first-order valence-corrected chi connectivity index (χ1v) is 12.0. The van der Waals surface area contributed by atoms with E-state index in [1.807, 2.05) is 24.3 Å². The van der Waals surface area contributed by atoms with E-state index >= 15 is 0 Å². The molecule has 0 aliphatic carbocycles. The topological polar surface area (TPSA) is 64.7 Å². The Balaban J connectivity index is 2.46. The number of unbranched alkanes of at least 4 members (excludes halogenated alkanes) is 1. The summed E-state index contributed by atoms with van der Waals surface area (Å²) in [5, 5.41) is 6.00. The molecule has 2 N–H and O–H groups in total. The largest absolute Gasteiger partial charge is 0.354 e. The van der Waals surface area contributed by atoms with E-state index in [1.54, 1.807) is 4.90 Å². The van der Waals surface area contributed by atoms with Crippen LogP contribution < -0.4 is 10.6 Å². The van der Waals surface area contributed by atoms with Gasteiger partial charge >= 0.3 is 6.03 Å². The van der Waals surface area contributed by atoms with Crippen LogP contribution >= 0.6 is 15.9 Å². The first-order chi connectivity index (χ1) is 14.4.